The smallest absolute Gasteiger partial charge is 0.0565 e. The molecule has 1 aromatic rings. The van der Waals surface area contributed by atoms with Gasteiger partial charge in [0.25, 0.3) is 0 Å². The van der Waals surface area contributed by atoms with Crippen molar-refractivity contribution in [2.75, 3.05) is 6.54 Å². The number of hydrogen-bond donors (Lipinski definition) is 1. The van der Waals surface area contributed by atoms with Crippen LogP contribution in [0.15, 0.2) is 18.2 Å². The molecule has 0 aliphatic heterocycles. The summed E-state index contributed by atoms with van der Waals surface area (Å²) in [5.74, 6) is 5.65. The Morgan fingerprint density at radius 2 is 2.25 bits per heavy atom. The molecule has 1 nitrogen and oxygen atoms in total. The van der Waals surface area contributed by atoms with Crippen molar-refractivity contribution in [3.8, 4) is 11.8 Å². The van der Waals surface area contributed by atoms with Crippen LogP contribution in [0, 0.1) is 18.8 Å². The van der Waals surface area contributed by atoms with Gasteiger partial charge >= 0.3 is 0 Å². The molecule has 1 rings (SSSR count). The third-order valence-corrected chi connectivity index (χ3v) is 1.76. The Hall–Kier alpha value is -0.970. The van der Waals surface area contributed by atoms with Gasteiger partial charge in [-0.2, -0.15) is 0 Å². The van der Waals surface area contributed by atoms with Crippen LogP contribution in [-0.4, -0.2) is 6.54 Å². The van der Waals surface area contributed by atoms with E-state index in [9.17, 15) is 0 Å². The average Bonchev–Trinajstić information content (AvgIpc) is 2.03. The Bertz CT molecular complexity index is 333. The Kier molecular flexibility index (Phi) is 3.16. The number of hydrogen-bond acceptors (Lipinski definition) is 1. The van der Waals surface area contributed by atoms with Gasteiger partial charge in [-0.15, -0.1) is 0 Å². The number of rotatable bonds is 0. The van der Waals surface area contributed by atoms with Gasteiger partial charge in [0.05, 0.1) is 11.6 Å². The monoisotopic (exact) mass is 179 g/mol. The van der Waals surface area contributed by atoms with Crippen molar-refractivity contribution in [3.63, 3.8) is 0 Å². The molecule has 0 unspecified atom stereocenters. The van der Waals surface area contributed by atoms with Crippen LogP contribution >= 0.6 is 11.6 Å². The molecule has 0 aliphatic carbocycles. The molecule has 0 amide bonds. The Morgan fingerprint density at radius 1 is 1.50 bits per heavy atom. The molecule has 2 N–H and O–H groups in total. The molecular formula is C10H10ClN. The second-order valence-electron chi connectivity index (χ2n) is 2.49. The summed E-state index contributed by atoms with van der Waals surface area (Å²) in [4.78, 5) is 0. The van der Waals surface area contributed by atoms with Crippen LogP contribution in [0.1, 0.15) is 11.1 Å². The maximum atomic E-state index is 5.92. The molecule has 0 saturated heterocycles. The molecule has 0 radical (unpaired) electrons. The molecule has 0 saturated carbocycles. The minimum Gasteiger partial charge on any atom is -0.320 e. The van der Waals surface area contributed by atoms with Crippen molar-refractivity contribution in [3.05, 3.63) is 34.3 Å². The van der Waals surface area contributed by atoms with Crippen molar-refractivity contribution < 1.29 is 0 Å². The lowest BCUT2D eigenvalue weighted by Gasteiger charge is -1.96. The van der Waals surface area contributed by atoms with E-state index in [4.69, 9.17) is 17.3 Å². The number of benzene rings is 1. The van der Waals surface area contributed by atoms with E-state index in [2.05, 4.69) is 11.8 Å². The third kappa shape index (κ3) is 2.27. The molecule has 62 valence electrons. The molecule has 0 aliphatic rings. The Labute approximate surface area is 77.5 Å². The second kappa shape index (κ2) is 4.15. The highest BCUT2D eigenvalue weighted by Gasteiger charge is 1.95. The number of nitrogens with two attached hydrogens (primary N) is 1. The average molecular weight is 180 g/mol. The van der Waals surface area contributed by atoms with E-state index in [1.54, 1.807) is 0 Å². The fraction of sp³-hybridized carbons (Fsp3) is 0.200. The summed E-state index contributed by atoms with van der Waals surface area (Å²) >= 11 is 5.92. The van der Waals surface area contributed by atoms with Crippen molar-refractivity contribution in [2.24, 2.45) is 5.73 Å². The topological polar surface area (TPSA) is 26.0 Å². The minimum atomic E-state index is 0.365. The third-order valence-electron chi connectivity index (χ3n) is 1.45. The lowest BCUT2D eigenvalue weighted by Crippen LogP contribution is -1.93. The first-order valence-electron chi connectivity index (χ1n) is 3.69. The molecule has 12 heavy (non-hydrogen) atoms. The highest BCUT2D eigenvalue weighted by atomic mass is 35.5. The van der Waals surface area contributed by atoms with Crippen LogP contribution in [-0.2, 0) is 0 Å². The summed E-state index contributed by atoms with van der Waals surface area (Å²) in [7, 11) is 0. The number of halogens is 1. The minimum absolute atomic E-state index is 0.365. The van der Waals surface area contributed by atoms with Gasteiger partial charge in [0.15, 0.2) is 0 Å². The molecule has 0 bridgehead atoms. The van der Waals surface area contributed by atoms with Gasteiger partial charge in [-0.05, 0) is 24.6 Å². The largest absolute Gasteiger partial charge is 0.320 e. The predicted molar refractivity (Wildman–Crippen MR) is 52.1 cm³/mol. The first-order valence-corrected chi connectivity index (χ1v) is 4.07. The van der Waals surface area contributed by atoms with E-state index < -0.39 is 0 Å². The second-order valence-corrected chi connectivity index (χ2v) is 2.90. The molecular weight excluding hydrogens is 170 g/mol. The lowest BCUT2D eigenvalue weighted by atomic mass is 10.1. The molecule has 0 atom stereocenters. The summed E-state index contributed by atoms with van der Waals surface area (Å²) in [6, 6.07) is 5.77. The van der Waals surface area contributed by atoms with Gasteiger partial charge in [0, 0.05) is 5.56 Å². The summed E-state index contributed by atoms with van der Waals surface area (Å²) in [6.07, 6.45) is 0. The molecule has 1 aromatic carbocycles. The van der Waals surface area contributed by atoms with Crippen LogP contribution in [0.2, 0.25) is 5.02 Å². The van der Waals surface area contributed by atoms with Crippen molar-refractivity contribution in [1.29, 1.82) is 0 Å². The van der Waals surface area contributed by atoms with E-state index in [1.807, 2.05) is 25.1 Å². The summed E-state index contributed by atoms with van der Waals surface area (Å²) in [5.41, 5.74) is 7.22. The van der Waals surface area contributed by atoms with Crippen LogP contribution in [0.25, 0.3) is 0 Å². The standard InChI is InChI=1S/C10H10ClN/c1-8-4-5-9(3-2-6-12)10(11)7-8/h4-5,7H,6,12H2,1H3. The first-order chi connectivity index (χ1) is 5.74. The van der Waals surface area contributed by atoms with Crippen molar-refractivity contribution >= 4 is 11.6 Å². The Balaban J connectivity index is 3.01. The quantitative estimate of drug-likeness (QED) is 0.606. The van der Waals surface area contributed by atoms with Gasteiger partial charge in [-0.25, -0.2) is 0 Å². The van der Waals surface area contributed by atoms with Gasteiger partial charge in [0.2, 0.25) is 0 Å². The van der Waals surface area contributed by atoms with E-state index in [0.717, 1.165) is 11.1 Å². The molecule has 0 heterocycles. The van der Waals surface area contributed by atoms with Crippen LogP contribution in [0.5, 0.6) is 0 Å². The maximum absolute atomic E-state index is 5.92. The highest BCUT2D eigenvalue weighted by Crippen LogP contribution is 2.15. The molecule has 0 aromatic heterocycles. The van der Waals surface area contributed by atoms with Crippen LogP contribution in [0.4, 0.5) is 0 Å². The molecule has 0 fully saturated rings. The fourth-order valence-electron chi connectivity index (χ4n) is 0.868. The normalized spacial score (nSPS) is 8.92. The van der Waals surface area contributed by atoms with Crippen LogP contribution < -0.4 is 5.73 Å². The van der Waals surface area contributed by atoms with Crippen LogP contribution in [0.3, 0.4) is 0 Å². The van der Waals surface area contributed by atoms with Gasteiger partial charge < -0.3 is 5.73 Å². The van der Waals surface area contributed by atoms with Gasteiger partial charge in [0.1, 0.15) is 0 Å². The summed E-state index contributed by atoms with van der Waals surface area (Å²) < 4.78 is 0. The zero-order valence-corrected chi connectivity index (χ0v) is 7.65. The Morgan fingerprint density at radius 3 is 2.83 bits per heavy atom. The maximum Gasteiger partial charge on any atom is 0.0565 e. The predicted octanol–water partition coefficient (Wildman–Crippen LogP) is 1.96. The van der Waals surface area contributed by atoms with Crippen molar-refractivity contribution in [2.45, 2.75) is 6.92 Å². The summed E-state index contributed by atoms with van der Waals surface area (Å²) in [5, 5.41) is 0.691. The zero-order chi connectivity index (χ0) is 8.97. The molecule has 2 heteroatoms. The zero-order valence-electron chi connectivity index (χ0n) is 6.89. The first kappa shape index (κ1) is 9.12. The van der Waals surface area contributed by atoms with E-state index >= 15 is 0 Å². The van der Waals surface area contributed by atoms with Gasteiger partial charge in [-0.3, -0.25) is 0 Å². The van der Waals surface area contributed by atoms with E-state index in [1.165, 1.54) is 0 Å². The SMILES string of the molecule is Cc1ccc(C#CCN)c(Cl)c1. The van der Waals surface area contributed by atoms with Crippen molar-refractivity contribution in [1.82, 2.24) is 0 Å². The van der Waals surface area contributed by atoms with E-state index in [-0.39, 0.29) is 0 Å². The fourth-order valence-corrected chi connectivity index (χ4v) is 1.15. The highest BCUT2D eigenvalue weighted by molar-refractivity contribution is 6.31. The number of aryl methyl sites for hydroxylation is 1. The van der Waals surface area contributed by atoms with Gasteiger partial charge in [-0.1, -0.05) is 29.5 Å². The van der Waals surface area contributed by atoms with E-state index in [0.29, 0.717) is 11.6 Å². The summed E-state index contributed by atoms with van der Waals surface area (Å²) in [6.45, 7) is 2.36. The lowest BCUT2D eigenvalue weighted by molar-refractivity contribution is 1.30. The molecule has 0 spiro atoms.